The highest BCUT2D eigenvalue weighted by molar-refractivity contribution is 9.10. The molecule has 2 heterocycles. The van der Waals surface area contributed by atoms with Crippen molar-refractivity contribution in [2.45, 2.75) is 39.2 Å². The molecule has 1 aromatic heterocycles. The number of piperidine rings is 1. The minimum absolute atomic E-state index is 0.494. The molecule has 1 unspecified atom stereocenters. The molecule has 0 radical (unpaired) electrons. The zero-order chi connectivity index (χ0) is 14.5. The fourth-order valence-corrected chi connectivity index (χ4v) is 3.39. The third kappa shape index (κ3) is 4.34. The summed E-state index contributed by atoms with van der Waals surface area (Å²) >= 11 is 9.77. The molecule has 3 nitrogen and oxygen atoms in total. The van der Waals surface area contributed by atoms with Crippen LogP contribution >= 0.6 is 27.5 Å². The van der Waals surface area contributed by atoms with Crippen LogP contribution in [0.2, 0.25) is 5.02 Å². The van der Waals surface area contributed by atoms with Gasteiger partial charge in [-0.1, -0.05) is 25.4 Å². The third-order valence-corrected chi connectivity index (χ3v) is 4.33. The number of aromatic nitrogens is 1. The maximum Gasteiger partial charge on any atom is 0.147 e. The van der Waals surface area contributed by atoms with E-state index in [1.165, 1.54) is 19.3 Å². The standard InChI is InChI=1S/C15H23BrClN3/c1-11(2)8-18-10-13-5-3-4-6-20(13)15-14(17)7-12(16)9-19-15/h7,9,11,13,18H,3-6,8,10H2,1-2H3. The van der Waals surface area contributed by atoms with E-state index < -0.39 is 0 Å². The number of rotatable bonds is 5. The van der Waals surface area contributed by atoms with Gasteiger partial charge in [-0.3, -0.25) is 0 Å². The van der Waals surface area contributed by atoms with Crippen molar-refractivity contribution in [3.63, 3.8) is 0 Å². The lowest BCUT2D eigenvalue weighted by atomic mass is 10.0. The topological polar surface area (TPSA) is 28.2 Å². The molecule has 1 N–H and O–H groups in total. The van der Waals surface area contributed by atoms with Crippen LogP contribution < -0.4 is 10.2 Å². The number of nitrogens with one attached hydrogen (secondary N) is 1. The molecule has 112 valence electrons. The van der Waals surface area contributed by atoms with E-state index >= 15 is 0 Å². The SMILES string of the molecule is CC(C)CNCC1CCCCN1c1ncc(Br)cc1Cl. The fourth-order valence-electron chi connectivity index (χ4n) is 2.65. The van der Waals surface area contributed by atoms with Crippen LogP contribution in [-0.4, -0.2) is 30.7 Å². The van der Waals surface area contributed by atoms with Crippen molar-refractivity contribution < 1.29 is 0 Å². The Morgan fingerprint density at radius 2 is 2.30 bits per heavy atom. The molecule has 0 saturated carbocycles. The van der Waals surface area contributed by atoms with E-state index in [1.54, 1.807) is 0 Å². The van der Waals surface area contributed by atoms with Crippen molar-refractivity contribution in [2.75, 3.05) is 24.5 Å². The first kappa shape index (κ1) is 16.1. The fraction of sp³-hybridized carbons (Fsp3) is 0.667. The lowest BCUT2D eigenvalue weighted by molar-refractivity contribution is 0.420. The maximum absolute atomic E-state index is 6.36. The molecule has 1 aromatic rings. The summed E-state index contributed by atoms with van der Waals surface area (Å²) < 4.78 is 0.928. The molecule has 1 aliphatic heterocycles. The van der Waals surface area contributed by atoms with Gasteiger partial charge in [0, 0.05) is 29.8 Å². The van der Waals surface area contributed by atoms with Crippen LogP contribution in [0.25, 0.3) is 0 Å². The van der Waals surface area contributed by atoms with Gasteiger partial charge in [0.25, 0.3) is 0 Å². The van der Waals surface area contributed by atoms with Gasteiger partial charge < -0.3 is 10.2 Å². The third-order valence-electron chi connectivity index (χ3n) is 3.62. The van der Waals surface area contributed by atoms with Crippen LogP contribution in [0.1, 0.15) is 33.1 Å². The number of pyridine rings is 1. The highest BCUT2D eigenvalue weighted by Crippen LogP contribution is 2.30. The highest BCUT2D eigenvalue weighted by Gasteiger charge is 2.25. The van der Waals surface area contributed by atoms with Crippen molar-refractivity contribution >= 4 is 33.3 Å². The second kappa shape index (κ2) is 7.62. The smallest absolute Gasteiger partial charge is 0.147 e. The molecule has 20 heavy (non-hydrogen) atoms. The van der Waals surface area contributed by atoms with E-state index in [4.69, 9.17) is 11.6 Å². The summed E-state index contributed by atoms with van der Waals surface area (Å²) in [5, 5.41) is 4.29. The summed E-state index contributed by atoms with van der Waals surface area (Å²) in [5.74, 6) is 1.60. The predicted molar refractivity (Wildman–Crippen MR) is 89.6 cm³/mol. The van der Waals surface area contributed by atoms with E-state index in [1.807, 2.05) is 12.3 Å². The summed E-state index contributed by atoms with van der Waals surface area (Å²) in [5.41, 5.74) is 0. The minimum atomic E-state index is 0.494. The first-order chi connectivity index (χ1) is 9.58. The van der Waals surface area contributed by atoms with Gasteiger partial charge >= 0.3 is 0 Å². The Morgan fingerprint density at radius 1 is 1.50 bits per heavy atom. The normalized spacial score (nSPS) is 19.6. The second-order valence-corrected chi connectivity index (χ2v) is 7.18. The number of halogens is 2. The lowest BCUT2D eigenvalue weighted by Crippen LogP contribution is -2.46. The Hall–Kier alpha value is -0.320. The van der Waals surface area contributed by atoms with Crippen LogP contribution in [0.3, 0.4) is 0 Å². The second-order valence-electron chi connectivity index (χ2n) is 5.85. The summed E-state index contributed by atoms with van der Waals surface area (Å²) in [6.07, 6.45) is 5.54. The van der Waals surface area contributed by atoms with Crippen molar-refractivity contribution in [1.29, 1.82) is 0 Å². The van der Waals surface area contributed by atoms with Crippen LogP contribution in [0.4, 0.5) is 5.82 Å². The van der Waals surface area contributed by atoms with Crippen LogP contribution in [0.15, 0.2) is 16.7 Å². The summed E-state index contributed by atoms with van der Waals surface area (Å²) in [7, 11) is 0. The van der Waals surface area contributed by atoms with Gasteiger partial charge in [-0.15, -0.1) is 0 Å². The Bertz CT molecular complexity index is 439. The number of hydrogen-bond donors (Lipinski definition) is 1. The van der Waals surface area contributed by atoms with Crippen molar-refractivity contribution in [3.05, 3.63) is 21.8 Å². The Balaban J connectivity index is 2.06. The first-order valence-electron chi connectivity index (χ1n) is 7.36. The van der Waals surface area contributed by atoms with Gasteiger partial charge in [0.15, 0.2) is 0 Å². The molecule has 0 amide bonds. The van der Waals surface area contributed by atoms with Gasteiger partial charge in [-0.05, 0) is 53.7 Å². The highest BCUT2D eigenvalue weighted by atomic mass is 79.9. The van der Waals surface area contributed by atoms with Gasteiger partial charge in [0.1, 0.15) is 5.82 Å². The van der Waals surface area contributed by atoms with Crippen molar-refractivity contribution in [3.8, 4) is 0 Å². The molecule has 1 atom stereocenters. The van der Waals surface area contributed by atoms with Crippen LogP contribution in [0, 0.1) is 5.92 Å². The number of nitrogens with zero attached hydrogens (tertiary/aromatic N) is 2. The van der Waals surface area contributed by atoms with Crippen molar-refractivity contribution in [2.24, 2.45) is 5.92 Å². The Labute approximate surface area is 135 Å². The van der Waals surface area contributed by atoms with Gasteiger partial charge in [0.2, 0.25) is 0 Å². The largest absolute Gasteiger partial charge is 0.351 e. The van der Waals surface area contributed by atoms with Gasteiger partial charge in [-0.2, -0.15) is 0 Å². The molecular weight excluding hydrogens is 338 g/mol. The van der Waals surface area contributed by atoms with Gasteiger partial charge in [-0.25, -0.2) is 4.98 Å². The summed E-state index contributed by atoms with van der Waals surface area (Å²) in [6.45, 7) is 7.58. The lowest BCUT2D eigenvalue weighted by Gasteiger charge is -2.37. The van der Waals surface area contributed by atoms with Gasteiger partial charge in [0.05, 0.1) is 5.02 Å². The molecule has 1 fully saturated rings. The summed E-state index contributed by atoms with van der Waals surface area (Å²) in [6, 6.07) is 2.42. The molecule has 0 aliphatic carbocycles. The van der Waals surface area contributed by atoms with Crippen LogP contribution in [0.5, 0.6) is 0 Å². The molecule has 2 rings (SSSR count). The predicted octanol–water partition coefficient (Wildman–Crippen LogP) is 4.10. The molecule has 0 aromatic carbocycles. The van der Waals surface area contributed by atoms with E-state index in [0.29, 0.717) is 12.0 Å². The molecule has 0 bridgehead atoms. The number of anilines is 1. The zero-order valence-corrected chi connectivity index (χ0v) is 14.5. The molecular formula is C15H23BrClN3. The monoisotopic (exact) mass is 359 g/mol. The minimum Gasteiger partial charge on any atom is -0.351 e. The Kier molecular flexibility index (Phi) is 6.12. The van der Waals surface area contributed by atoms with E-state index in [9.17, 15) is 0 Å². The van der Waals surface area contributed by atoms with E-state index in [-0.39, 0.29) is 0 Å². The zero-order valence-electron chi connectivity index (χ0n) is 12.2. The Morgan fingerprint density at radius 3 is 3.00 bits per heavy atom. The molecule has 1 saturated heterocycles. The van der Waals surface area contributed by atoms with Crippen molar-refractivity contribution in [1.82, 2.24) is 10.3 Å². The average Bonchev–Trinajstić information content (AvgIpc) is 2.39. The summed E-state index contributed by atoms with van der Waals surface area (Å²) in [4.78, 5) is 6.88. The molecule has 0 spiro atoms. The quantitative estimate of drug-likeness (QED) is 0.857. The van der Waals surface area contributed by atoms with E-state index in [0.717, 1.165) is 34.9 Å². The average molecular weight is 361 g/mol. The molecule has 1 aliphatic rings. The maximum atomic E-state index is 6.36. The number of hydrogen-bond acceptors (Lipinski definition) is 3. The molecule has 5 heteroatoms. The van der Waals surface area contributed by atoms with E-state index in [2.05, 4.69) is 45.0 Å². The first-order valence-corrected chi connectivity index (χ1v) is 8.53. The van der Waals surface area contributed by atoms with Crippen LogP contribution in [-0.2, 0) is 0 Å².